The summed E-state index contributed by atoms with van der Waals surface area (Å²) in [4.78, 5) is 22.9. The number of carbonyl (C=O) groups excluding carboxylic acids is 2. The first-order chi connectivity index (χ1) is 9.10. The molecule has 1 aromatic carbocycles. The van der Waals surface area contributed by atoms with Crippen LogP contribution in [0.15, 0.2) is 27.6 Å². The standard InChI is InChI=1S/C12H7BrN2O3S/c13-8-1-2-9(18-4-3-14)7(5-8)6-10-11(16)15-12(17)19-10/h1-2,5-6H,4H2,(H,15,16,17)/b10-6-. The van der Waals surface area contributed by atoms with Crippen LogP contribution in [-0.2, 0) is 4.79 Å². The summed E-state index contributed by atoms with van der Waals surface area (Å²) in [7, 11) is 0. The van der Waals surface area contributed by atoms with Gasteiger partial charge in [0.25, 0.3) is 11.1 Å². The molecule has 5 nitrogen and oxygen atoms in total. The number of carbonyl (C=O) groups is 2. The molecule has 0 bridgehead atoms. The molecule has 96 valence electrons. The molecule has 2 rings (SSSR count). The quantitative estimate of drug-likeness (QED) is 0.857. The fourth-order valence-corrected chi connectivity index (χ4v) is 2.49. The van der Waals surface area contributed by atoms with Crippen LogP contribution in [0, 0.1) is 11.3 Å². The van der Waals surface area contributed by atoms with Gasteiger partial charge in [-0.15, -0.1) is 0 Å². The Morgan fingerprint density at radius 3 is 2.89 bits per heavy atom. The van der Waals surface area contributed by atoms with Gasteiger partial charge in [-0.05, 0) is 36.0 Å². The predicted octanol–water partition coefficient (Wildman–Crippen LogP) is 2.68. The average molecular weight is 339 g/mol. The number of hydrogen-bond donors (Lipinski definition) is 1. The van der Waals surface area contributed by atoms with Crippen LogP contribution in [-0.4, -0.2) is 17.8 Å². The zero-order valence-electron chi connectivity index (χ0n) is 9.47. The first-order valence-corrected chi connectivity index (χ1v) is 6.75. The maximum absolute atomic E-state index is 11.5. The second kappa shape index (κ2) is 5.91. The SMILES string of the molecule is N#CCOc1ccc(Br)cc1/C=C1\SC(=O)NC1=O. The Morgan fingerprint density at radius 2 is 2.26 bits per heavy atom. The van der Waals surface area contributed by atoms with E-state index in [9.17, 15) is 9.59 Å². The van der Waals surface area contributed by atoms with Crippen LogP contribution in [0.1, 0.15) is 5.56 Å². The Labute approximate surface area is 121 Å². The number of benzene rings is 1. The predicted molar refractivity (Wildman–Crippen MR) is 74.4 cm³/mol. The zero-order chi connectivity index (χ0) is 13.8. The zero-order valence-corrected chi connectivity index (χ0v) is 11.9. The minimum absolute atomic E-state index is 0.0872. The van der Waals surface area contributed by atoms with E-state index in [0.717, 1.165) is 16.2 Å². The maximum Gasteiger partial charge on any atom is 0.290 e. The number of amides is 2. The van der Waals surface area contributed by atoms with E-state index in [4.69, 9.17) is 10.00 Å². The van der Waals surface area contributed by atoms with Crippen LogP contribution in [0.5, 0.6) is 5.75 Å². The second-order valence-corrected chi connectivity index (χ2v) is 5.41. The van der Waals surface area contributed by atoms with Crippen LogP contribution in [0.4, 0.5) is 4.79 Å². The Hall–Kier alpha value is -1.78. The highest BCUT2D eigenvalue weighted by molar-refractivity contribution is 9.10. The van der Waals surface area contributed by atoms with E-state index in [0.29, 0.717) is 16.2 Å². The topological polar surface area (TPSA) is 79.2 Å². The van der Waals surface area contributed by atoms with Gasteiger partial charge in [0.05, 0.1) is 4.91 Å². The van der Waals surface area contributed by atoms with Gasteiger partial charge in [0.1, 0.15) is 11.8 Å². The lowest BCUT2D eigenvalue weighted by Gasteiger charge is -2.06. The van der Waals surface area contributed by atoms with Crippen LogP contribution in [0.2, 0.25) is 0 Å². The number of imide groups is 1. The number of thioether (sulfide) groups is 1. The van der Waals surface area contributed by atoms with Gasteiger partial charge in [-0.3, -0.25) is 14.9 Å². The molecular weight excluding hydrogens is 332 g/mol. The lowest BCUT2D eigenvalue weighted by molar-refractivity contribution is -0.115. The number of rotatable bonds is 3. The number of nitrogens with zero attached hydrogens (tertiary/aromatic N) is 1. The van der Waals surface area contributed by atoms with Gasteiger partial charge in [-0.2, -0.15) is 5.26 Å². The maximum atomic E-state index is 11.5. The summed E-state index contributed by atoms with van der Waals surface area (Å²) in [5, 5.41) is 10.3. The van der Waals surface area contributed by atoms with E-state index >= 15 is 0 Å². The number of halogens is 1. The van der Waals surface area contributed by atoms with Crippen molar-refractivity contribution >= 4 is 44.9 Å². The number of nitriles is 1. The first kappa shape index (κ1) is 13.6. The molecule has 0 aromatic heterocycles. The highest BCUT2D eigenvalue weighted by atomic mass is 79.9. The molecule has 0 radical (unpaired) electrons. The molecule has 1 saturated heterocycles. The molecule has 0 unspecified atom stereocenters. The summed E-state index contributed by atoms with van der Waals surface area (Å²) in [5.41, 5.74) is 0.622. The molecule has 1 heterocycles. The molecular formula is C12H7BrN2O3S. The molecule has 2 amide bonds. The van der Waals surface area contributed by atoms with Crippen molar-refractivity contribution in [2.24, 2.45) is 0 Å². The molecule has 0 spiro atoms. The molecule has 0 atom stereocenters. The first-order valence-electron chi connectivity index (χ1n) is 5.14. The van der Waals surface area contributed by atoms with Crippen LogP contribution >= 0.6 is 27.7 Å². The Bertz CT molecular complexity index is 622. The van der Waals surface area contributed by atoms with Crippen molar-refractivity contribution in [1.82, 2.24) is 5.32 Å². The molecule has 1 aromatic rings. The van der Waals surface area contributed by atoms with Crippen LogP contribution in [0.25, 0.3) is 6.08 Å². The smallest absolute Gasteiger partial charge is 0.290 e. The molecule has 0 aliphatic carbocycles. The van der Waals surface area contributed by atoms with Crippen molar-refractivity contribution in [2.45, 2.75) is 0 Å². The summed E-state index contributed by atoms with van der Waals surface area (Å²) in [6.45, 7) is -0.0872. The molecule has 0 saturated carbocycles. The summed E-state index contributed by atoms with van der Waals surface area (Å²) in [6, 6.07) is 7.07. The molecule has 1 N–H and O–H groups in total. The van der Waals surface area contributed by atoms with Gasteiger partial charge in [-0.1, -0.05) is 15.9 Å². The van der Waals surface area contributed by atoms with Crippen LogP contribution in [0.3, 0.4) is 0 Å². The molecule has 1 aliphatic heterocycles. The van der Waals surface area contributed by atoms with E-state index < -0.39 is 11.1 Å². The van der Waals surface area contributed by atoms with E-state index in [1.54, 1.807) is 24.3 Å². The van der Waals surface area contributed by atoms with Gasteiger partial charge in [0, 0.05) is 10.0 Å². The monoisotopic (exact) mass is 338 g/mol. The second-order valence-electron chi connectivity index (χ2n) is 3.48. The molecule has 7 heteroatoms. The third-order valence-electron chi connectivity index (χ3n) is 2.19. The minimum Gasteiger partial charge on any atom is -0.478 e. The minimum atomic E-state index is -0.429. The number of hydrogen-bond acceptors (Lipinski definition) is 5. The van der Waals surface area contributed by atoms with E-state index in [2.05, 4.69) is 21.2 Å². The summed E-state index contributed by atoms with van der Waals surface area (Å²) in [5.74, 6) is 0.0474. The highest BCUT2D eigenvalue weighted by Crippen LogP contribution is 2.30. The molecule has 1 aliphatic rings. The van der Waals surface area contributed by atoms with E-state index in [1.165, 1.54) is 0 Å². The normalized spacial score (nSPS) is 16.3. The summed E-state index contributed by atoms with van der Waals surface area (Å²) in [6.07, 6.45) is 1.56. The Kier molecular flexibility index (Phi) is 4.24. The largest absolute Gasteiger partial charge is 0.478 e. The summed E-state index contributed by atoms with van der Waals surface area (Å²) >= 11 is 4.15. The molecule has 1 fully saturated rings. The third kappa shape index (κ3) is 3.36. The average Bonchev–Trinajstić information content (AvgIpc) is 2.67. The van der Waals surface area contributed by atoms with Gasteiger partial charge >= 0.3 is 0 Å². The number of ether oxygens (including phenoxy) is 1. The van der Waals surface area contributed by atoms with Gasteiger partial charge in [0.2, 0.25) is 0 Å². The van der Waals surface area contributed by atoms with Crippen molar-refractivity contribution in [1.29, 1.82) is 5.26 Å². The summed E-state index contributed by atoms with van der Waals surface area (Å²) < 4.78 is 6.07. The fourth-order valence-electron chi connectivity index (χ4n) is 1.44. The van der Waals surface area contributed by atoms with E-state index in [1.807, 2.05) is 6.07 Å². The lowest BCUT2D eigenvalue weighted by atomic mass is 10.2. The number of nitrogens with one attached hydrogen (secondary N) is 1. The van der Waals surface area contributed by atoms with E-state index in [-0.39, 0.29) is 6.61 Å². The Morgan fingerprint density at radius 1 is 1.47 bits per heavy atom. The van der Waals surface area contributed by atoms with Gasteiger partial charge in [0.15, 0.2) is 6.61 Å². The van der Waals surface area contributed by atoms with Crippen LogP contribution < -0.4 is 10.1 Å². The van der Waals surface area contributed by atoms with Gasteiger partial charge in [-0.25, -0.2) is 0 Å². The van der Waals surface area contributed by atoms with Crippen molar-refractivity contribution in [3.8, 4) is 11.8 Å². The fraction of sp³-hybridized carbons (Fsp3) is 0.0833. The van der Waals surface area contributed by atoms with Gasteiger partial charge < -0.3 is 4.74 Å². The Balaban J connectivity index is 2.35. The third-order valence-corrected chi connectivity index (χ3v) is 3.50. The highest BCUT2D eigenvalue weighted by Gasteiger charge is 2.25. The molecule has 19 heavy (non-hydrogen) atoms. The van der Waals surface area contributed by atoms with Crippen molar-refractivity contribution in [3.63, 3.8) is 0 Å². The van der Waals surface area contributed by atoms with Crippen molar-refractivity contribution in [2.75, 3.05) is 6.61 Å². The van der Waals surface area contributed by atoms with Crippen molar-refractivity contribution in [3.05, 3.63) is 33.1 Å². The lowest BCUT2D eigenvalue weighted by Crippen LogP contribution is -2.17. The van der Waals surface area contributed by atoms with Crippen molar-refractivity contribution < 1.29 is 14.3 Å².